The highest BCUT2D eigenvalue weighted by atomic mass is 14.9. The van der Waals surface area contributed by atoms with Gasteiger partial charge in [-0.3, -0.25) is 0 Å². The van der Waals surface area contributed by atoms with E-state index in [0.717, 1.165) is 44.5 Å². The molecule has 2 heterocycles. The van der Waals surface area contributed by atoms with E-state index in [4.69, 9.17) is 9.97 Å². The molecular formula is C30H22N4. The van der Waals surface area contributed by atoms with Gasteiger partial charge in [-0.1, -0.05) is 103 Å². The maximum Gasteiger partial charge on any atom is 0.160 e. The zero-order valence-corrected chi connectivity index (χ0v) is 18.5. The van der Waals surface area contributed by atoms with Gasteiger partial charge in [0.25, 0.3) is 0 Å². The summed E-state index contributed by atoms with van der Waals surface area (Å²) in [5.74, 6) is 0.752. The molecule has 6 rings (SSSR count). The molecule has 0 radical (unpaired) electrons. The summed E-state index contributed by atoms with van der Waals surface area (Å²) in [5, 5.41) is 2.15. The van der Waals surface area contributed by atoms with Crippen LogP contribution >= 0.6 is 0 Å². The number of para-hydroxylation sites is 2. The van der Waals surface area contributed by atoms with Crippen LogP contribution in [0.4, 0.5) is 0 Å². The highest BCUT2D eigenvalue weighted by Crippen LogP contribution is 2.23. The Morgan fingerprint density at radius 3 is 2.03 bits per heavy atom. The summed E-state index contributed by atoms with van der Waals surface area (Å²) in [6, 6.07) is 36.4. The third kappa shape index (κ3) is 5.03. The molecule has 0 N–H and O–H groups in total. The standard InChI is InChI=1S/C22H16N2.C8H6N2/c1-3-9-17(10-4-1)15-16-21-19-13-7-8-14-20(19)23-22(24-21)18-11-5-2-6-12-18;1-2-4-8-7(3-1)5-9-6-10-8/h1-16H;1-6H. The maximum atomic E-state index is 4.79. The SMILES string of the molecule is C(=Cc1nc(-c2ccccc2)nc2ccccc12)c1ccccc1.c1ccc2ncncc2c1. The van der Waals surface area contributed by atoms with Crippen LogP contribution in [0.2, 0.25) is 0 Å². The van der Waals surface area contributed by atoms with Gasteiger partial charge in [0.15, 0.2) is 5.82 Å². The lowest BCUT2D eigenvalue weighted by molar-refractivity contribution is 1.21. The van der Waals surface area contributed by atoms with Crippen LogP contribution in [0.25, 0.3) is 45.3 Å². The Morgan fingerprint density at radius 1 is 0.559 bits per heavy atom. The molecule has 0 saturated carbocycles. The minimum atomic E-state index is 0.752. The van der Waals surface area contributed by atoms with Crippen LogP contribution in [0, 0.1) is 0 Å². The van der Waals surface area contributed by atoms with Crippen molar-refractivity contribution in [2.75, 3.05) is 0 Å². The Kier molecular flexibility index (Phi) is 6.40. The van der Waals surface area contributed by atoms with Crippen LogP contribution in [0.5, 0.6) is 0 Å². The van der Waals surface area contributed by atoms with E-state index < -0.39 is 0 Å². The largest absolute Gasteiger partial charge is 0.244 e. The number of hydrogen-bond donors (Lipinski definition) is 0. The Balaban J connectivity index is 0.000000200. The molecule has 0 amide bonds. The topological polar surface area (TPSA) is 51.6 Å². The predicted octanol–water partition coefficient (Wildman–Crippen LogP) is 7.10. The van der Waals surface area contributed by atoms with Crippen molar-refractivity contribution in [1.82, 2.24) is 19.9 Å². The average molecular weight is 439 g/mol. The van der Waals surface area contributed by atoms with Crippen molar-refractivity contribution >= 4 is 34.0 Å². The summed E-state index contributed by atoms with van der Waals surface area (Å²) < 4.78 is 0. The Morgan fingerprint density at radius 2 is 1.24 bits per heavy atom. The van der Waals surface area contributed by atoms with Gasteiger partial charge >= 0.3 is 0 Å². The van der Waals surface area contributed by atoms with E-state index in [1.807, 2.05) is 97.2 Å². The van der Waals surface area contributed by atoms with Crippen LogP contribution < -0.4 is 0 Å². The molecule has 34 heavy (non-hydrogen) atoms. The molecule has 0 unspecified atom stereocenters. The Hall–Kier alpha value is -4.70. The van der Waals surface area contributed by atoms with Crippen molar-refractivity contribution in [2.24, 2.45) is 0 Å². The lowest BCUT2D eigenvalue weighted by Crippen LogP contribution is -1.94. The van der Waals surface area contributed by atoms with Crippen molar-refractivity contribution in [3.8, 4) is 11.4 Å². The van der Waals surface area contributed by atoms with Gasteiger partial charge in [0, 0.05) is 22.5 Å². The Bertz CT molecular complexity index is 1480. The van der Waals surface area contributed by atoms with E-state index >= 15 is 0 Å². The van der Waals surface area contributed by atoms with Gasteiger partial charge in [-0.15, -0.1) is 0 Å². The fourth-order valence-corrected chi connectivity index (χ4v) is 3.61. The second kappa shape index (κ2) is 10.3. The monoisotopic (exact) mass is 438 g/mol. The number of nitrogens with zero attached hydrogens (tertiary/aromatic N) is 4. The number of benzene rings is 4. The van der Waals surface area contributed by atoms with Gasteiger partial charge in [-0.2, -0.15) is 0 Å². The lowest BCUT2D eigenvalue weighted by atomic mass is 10.1. The molecule has 4 aromatic carbocycles. The van der Waals surface area contributed by atoms with Crippen LogP contribution in [0.1, 0.15) is 11.3 Å². The average Bonchev–Trinajstić information content (AvgIpc) is 2.93. The van der Waals surface area contributed by atoms with Crippen LogP contribution in [0.3, 0.4) is 0 Å². The first kappa shape index (κ1) is 21.2. The van der Waals surface area contributed by atoms with Crippen molar-refractivity contribution in [1.29, 1.82) is 0 Å². The number of aromatic nitrogens is 4. The van der Waals surface area contributed by atoms with Crippen LogP contribution in [-0.4, -0.2) is 19.9 Å². The van der Waals surface area contributed by atoms with E-state index in [9.17, 15) is 0 Å². The summed E-state index contributed by atoms with van der Waals surface area (Å²) in [4.78, 5) is 17.5. The van der Waals surface area contributed by atoms with Gasteiger partial charge in [0.2, 0.25) is 0 Å². The molecule has 0 fully saturated rings. The van der Waals surface area contributed by atoms with Gasteiger partial charge < -0.3 is 0 Å². The summed E-state index contributed by atoms with van der Waals surface area (Å²) >= 11 is 0. The minimum absolute atomic E-state index is 0.752. The molecule has 0 aliphatic carbocycles. The maximum absolute atomic E-state index is 4.79. The molecule has 2 aromatic heterocycles. The molecule has 0 atom stereocenters. The predicted molar refractivity (Wildman–Crippen MR) is 140 cm³/mol. The van der Waals surface area contributed by atoms with Gasteiger partial charge in [-0.05, 0) is 23.8 Å². The van der Waals surface area contributed by atoms with Crippen molar-refractivity contribution in [3.05, 3.63) is 133 Å². The van der Waals surface area contributed by atoms with Gasteiger partial charge in [0.1, 0.15) is 6.33 Å². The van der Waals surface area contributed by atoms with Crippen molar-refractivity contribution in [3.63, 3.8) is 0 Å². The summed E-state index contributed by atoms with van der Waals surface area (Å²) in [7, 11) is 0. The quantitative estimate of drug-likeness (QED) is 0.296. The van der Waals surface area contributed by atoms with Gasteiger partial charge in [0.05, 0.1) is 16.7 Å². The normalized spacial score (nSPS) is 10.8. The van der Waals surface area contributed by atoms with E-state index in [-0.39, 0.29) is 0 Å². The molecule has 0 aliphatic rings. The van der Waals surface area contributed by atoms with Gasteiger partial charge in [-0.25, -0.2) is 19.9 Å². The van der Waals surface area contributed by atoms with E-state index in [0.29, 0.717) is 0 Å². The van der Waals surface area contributed by atoms with E-state index in [1.54, 1.807) is 6.33 Å². The number of hydrogen-bond acceptors (Lipinski definition) is 4. The molecule has 4 nitrogen and oxygen atoms in total. The summed E-state index contributed by atoms with van der Waals surface area (Å²) in [6.45, 7) is 0. The molecule has 0 spiro atoms. The zero-order chi connectivity index (χ0) is 23.0. The molecule has 0 aliphatic heterocycles. The molecule has 0 bridgehead atoms. The van der Waals surface area contributed by atoms with Crippen LogP contribution in [0.15, 0.2) is 122 Å². The van der Waals surface area contributed by atoms with E-state index in [1.165, 1.54) is 0 Å². The molecule has 4 heteroatoms. The first-order valence-electron chi connectivity index (χ1n) is 11.1. The van der Waals surface area contributed by atoms with Crippen molar-refractivity contribution in [2.45, 2.75) is 0 Å². The first-order chi connectivity index (χ1) is 16.9. The molecule has 0 saturated heterocycles. The highest BCUT2D eigenvalue weighted by molar-refractivity contribution is 5.90. The zero-order valence-electron chi connectivity index (χ0n) is 18.5. The fourth-order valence-electron chi connectivity index (χ4n) is 3.61. The number of fused-ring (bicyclic) bond motifs is 2. The summed E-state index contributed by atoms with van der Waals surface area (Å²) in [6.07, 6.45) is 7.51. The fraction of sp³-hybridized carbons (Fsp3) is 0. The second-order valence-corrected chi connectivity index (χ2v) is 7.64. The summed E-state index contributed by atoms with van der Waals surface area (Å²) in [5.41, 5.74) is 5.07. The third-order valence-corrected chi connectivity index (χ3v) is 5.31. The molecule has 162 valence electrons. The number of rotatable bonds is 3. The van der Waals surface area contributed by atoms with Crippen LogP contribution in [-0.2, 0) is 0 Å². The third-order valence-electron chi connectivity index (χ3n) is 5.31. The lowest BCUT2D eigenvalue weighted by Gasteiger charge is -2.06. The molecular weight excluding hydrogens is 416 g/mol. The highest BCUT2D eigenvalue weighted by Gasteiger charge is 2.07. The Labute approximate surface area is 198 Å². The first-order valence-corrected chi connectivity index (χ1v) is 11.1. The van der Waals surface area contributed by atoms with Crippen molar-refractivity contribution < 1.29 is 0 Å². The second-order valence-electron chi connectivity index (χ2n) is 7.64. The molecule has 6 aromatic rings. The minimum Gasteiger partial charge on any atom is -0.244 e. The smallest absolute Gasteiger partial charge is 0.160 e. The van der Waals surface area contributed by atoms with E-state index in [2.05, 4.69) is 40.3 Å².